The third-order valence-electron chi connectivity index (χ3n) is 5.74. The molecule has 1 N–H and O–H groups in total. The summed E-state index contributed by atoms with van der Waals surface area (Å²) >= 11 is 0. The quantitative estimate of drug-likeness (QED) is 0.0859. The van der Waals surface area contributed by atoms with Crippen molar-refractivity contribution >= 4 is 28.9 Å². The molecular weight excluding hydrogens is 480 g/mol. The first-order valence-corrected chi connectivity index (χ1v) is 12.6. The SMILES string of the molecule is CCCCOc1ccc(C(=O)Oc2ccc(/C=N\NC(=O)[C@@H](C)Oc3ccc4ccccc4c3)cc2)cc1. The van der Waals surface area contributed by atoms with Gasteiger partial charge in [0.2, 0.25) is 0 Å². The Labute approximate surface area is 222 Å². The molecule has 4 aromatic carbocycles. The van der Waals surface area contributed by atoms with Gasteiger partial charge in [0, 0.05) is 0 Å². The van der Waals surface area contributed by atoms with E-state index in [0.717, 1.165) is 34.9 Å². The lowest BCUT2D eigenvalue weighted by atomic mass is 10.1. The maximum atomic E-state index is 12.4. The van der Waals surface area contributed by atoms with Gasteiger partial charge in [0.25, 0.3) is 5.91 Å². The lowest BCUT2D eigenvalue weighted by molar-refractivity contribution is -0.127. The molecule has 0 heterocycles. The maximum Gasteiger partial charge on any atom is 0.343 e. The number of ether oxygens (including phenoxy) is 3. The molecule has 0 aliphatic heterocycles. The van der Waals surface area contributed by atoms with Crippen molar-refractivity contribution in [1.29, 1.82) is 0 Å². The number of unbranched alkanes of at least 4 members (excludes halogenated alkanes) is 1. The number of hydrogen-bond acceptors (Lipinski definition) is 6. The molecule has 0 aliphatic rings. The molecule has 38 heavy (non-hydrogen) atoms. The van der Waals surface area contributed by atoms with Gasteiger partial charge in [0.1, 0.15) is 17.2 Å². The molecule has 0 aliphatic carbocycles. The number of carbonyl (C=O) groups is 2. The Hall–Kier alpha value is -4.65. The van der Waals surface area contributed by atoms with E-state index in [-0.39, 0.29) is 5.91 Å². The zero-order valence-electron chi connectivity index (χ0n) is 21.4. The van der Waals surface area contributed by atoms with Crippen molar-refractivity contribution in [2.75, 3.05) is 6.61 Å². The number of fused-ring (bicyclic) bond motifs is 1. The van der Waals surface area contributed by atoms with Gasteiger partial charge in [0.05, 0.1) is 18.4 Å². The van der Waals surface area contributed by atoms with Crippen LogP contribution in [0.5, 0.6) is 17.2 Å². The summed E-state index contributed by atoms with van der Waals surface area (Å²) < 4.78 is 16.8. The molecule has 0 saturated heterocycles. The highest BCUT2D eigenvalue weighted by Gasteiger charge is 2.14. The van der Waals surface area contributed by atoms with E-state index in [1.165, 1.54) is 6.21 Å². The normalized spacial score (nSPS) is 11.7. The number of nitrogens with one attached hydrogen (secondary N) is 1. The predicted octanol–water partition coefficient (Wildman–Crippen LogP) is 6.16. The van der Waals surface area contributed by atoms with Crippen molar-refractivity contribution in [3.8, 4) is 17.2 Å². The molecule has 7 heteroatoms. The first-order valence-electron chi connectivity index (χ1n) is 12.6. The maximum absolute atomic E-state index is 12.4. The van der Waals surface area contributed by atoms with E-state index in [2.05, 4.69) is 17.5 Å². The molecule has 4 rings (SSSR count). The Kier molecular flexibility index (Phi) is 9.07. The molecule has 7 nitrogen and oxygen atoms in total. The molecule has 0 saturated carbocycles. The fourth-order valence-corrected chi connectivity index (χ4v) is 3.57. The van der Waals surface area contributed by atoms with E-state index in [4.69, 9.17) is 14.2 Å². The highest BCUT2D eigenvalue weighted by Crippen LogP contribution is 2.21. The van der Waals surface area contributed by atoms with Gasteiger partial charge in [-0.25, -0.2) is 10.2 Å². The van der Waals surface area contributed by atoms with Gasteiger partial charge < -0.3 is 14.2 Å². The highest BCUT2D eigenvalue weighted by atomic mass is 16.5. The molecule has 4 aromatic rings. The van der Waals surface area contributed by atoms with Crippen molar-refractivity contribution in [1.82, 2.24) is 5.43 Å². The summed E-state index contributed by atoms with van der Waals surface area (Å²) in [4.78, 5) is 24.8. The predicted molar refractivity (Wildman–Crippen MR) is 148 cm³/mol. The van der Waals surface area contributed by atoms with E-state index in [1.54, 1.807) is 55.5 Å². The average molecular weight is 511 g/mol. The number of carbonyl (C=O) groups excluding carboxylic acids is 2. The number of hydrazone groups is 1. The topological polar surface area (TPSA) is 86.2 Å². The Morgan fingerprint density at radius 1 is 0.868 bits per heavy atom. The molecule has 0 bridgehead atoms. The van der Waals surface area contributed by atoms with Crippen molar-refractivity contribution in [3.05, 3.63) is 102 Å². The van der Waals surface area contributed by atoms with Crippen LogP contribution in [-0.4, -0.2) is 30.8 Å². The second kappa shape index (κ2) is 13.1. The van der Waals surface area contributed by atoms with Gasteiger partial charge >= 0.3 is 5.97 Å². The van der Waals surface area contributed by atoms with Gasteiger partial charge in [-0.3, -0.25) is 4.79 Å². The molecule has 0 aromatic heterocycles. The van der Waals surface area contributed by atoms with Crippen LogP contribution >= 0.6 is 0 Å². The molecule has 194 valence electrons. The largest absolute Gasteiger partial charge is 0.494 e. The summed E-state index contributed by atoms with van der Waals surface area (Å²) in [6, 6.07) is 27.3. The number of amides is 1. The van der Waals surface area contributed by atoms with E-state index in [1.807, 2.05) is 42.5 Å². The van der Waals surface area contributed by atoms with E-state index in [0.29, 0.717) is 23.7 Å². The van der Waals surface area contributed by atoms with Crippen LogP contribution in [-0.2, 0) is 4.79 Å². The fraction of sp³-hybridized carbons (Fsp3) is 0.194. The zero-order valence-corrected chi connectivity index (χ0v) is 21.4. The third kappa shape index (κ3) is 7.43. The van der Waals surface area contributed by atoms with Crippen LogP contribution < -0.4 is 19.6 Å². The van der Waals surface area contributed by atoms with Crippen molar-refractivity contribution < 1.29 is 23.8 Å². The highest BCUT2D eigenvalue weighted by molar-refractivity contribution is 5.91. The van der Waals surface area contributed by atoms with Crippen LogP contribution in [0, 0.1) is 0 Å². The van der Waals surface area contributed by atoms with E-state index in [9.17, 15) is 9.59 Å². The average Bonchev–Trinajstić information content (AvgIpc) is 2.94. The minimum Gasteiger partial charge on any atom is -0.494 e. The number of esters is 1. The summed E-state index contributed by atoms with van der Waals surface area (Å²) in [5.41, 5.74) is 3.64. The van der Waals surface area contributed by atoms with Gasteiger partial charge in [-0.1, -0.05) is 43.7 Å². The standard InChI is InChI=1S/C31H30N2O5/c1-3-4-19-36-27-16-12-25(13-17-27)31(35)38-28-14-9-23(10-15-28)21-32-33-30(34)22(2)37-29-18-11-24-7-5-6-8-26(24)20-29/h5-18,20-22H,3-4,19H2,1-2H3,(H,33,34)/b32-21-/t22-/m1/s1. The van der Waals surface area contributed by atoms with Crippen LogP contribution in [0.3, 0.4) is 0 Å². The summed E-state index contributed by atoms with van der Waals surface area (Å²) in [6.07, 6.45) is 2.82. The Bertz CT molecular complexity index is 1400. The summed E-state index contributed by atoms with van der Waals surface area (Å²) in [5.74, 6) is 0.898. The molecule has 0 fully saturated rings. The first-order chi connectivity index (χ1) is 18.5. The Morgan fingerprint density at radius 3 is 2.29 bits per heavy atom. The number of rotatable bonds is 11. The minimum absolute atomic E-state index is 0.373. The second-order valence-corrected chi connectivity index (χ2v) is 8.69. The second-order valence-electron chi connectivity index (χ2n) is 8.69. The van der Waals surface area contributed by atoms with Crippen LogP contribution in [0.2, 0.25) is 0 Å². The summed E-state index contributed by atoms with van der Waals surface area (Å²) in [5, 5.41) is 6.14. The third-order valence-corrected chi connectivity index (χ3v) is 5.74. The Balaban J connectivity index is 1.24. The van der Waals surface area contributed by atoms with Gasteiger partial charge in [-0.05, 0) is 90.3 Å². The molecular formula is C31H30N2O5. The van der Waals surface area contributed by atoms with Crippen LogP contribution in [0.4, 0.5) is 0 Å². The molecule has 0 spiro atoms. The lowest BCUT2D eigenvalue weighted by Crippen LogP contribution is -2.33. The molecule has 0 unspecified atom stereocenters. The number of hydrogen-bond donors (Lipinski definition) is 1. The fourth-order valence-electron chi connectivity index (χ4n) is 3.57. The number of nitrogens with zero attached hydrogens (tertiary/aromatic N) is 1. The van der Waals surface area contributed by atoms with Crippen molar-refractivity contribution in [2.45, 2.75) is 32.8 Å². The number of benzene rings is 4. The van der Waals surface area contributed by atoms with Crippen LogP contribution in [0.25, 0.3) is 10.8 Å². The lowest BCUT2D eigenvalue weighted by Gasteiger charge is -2.13. The zero-order chi connectivity index (χ0) is 26.7. The summed E-state index contributed by atoms with van der Waals surface area (Å²) in [7, 11) is 0. The molecule has 1 amide bonds. The van der Waals surface area contributed by atoms with Gasteiger partial charge in [-0.2, -0.15) is 5.10 Å². The monoisotopic (exact) mass is 510 g/mol. The summed E-state index contributed by atoms with van der Waals surface area (Å²) in [6.45, 7) is 4.42. The minimum atomic E-state index is -0.730. The first kappa shape index (κ1) is 26.4. The van der Waals surface area contributed by atoms with Gasteiger partial charge in [-0.15, -0.1) is 0 Å². The van der Waals surface area contributed by atoms with Crippen molar-refractivity contribution in [2.24, 2.45) is 5.10 Å². The molecule has 1 atom stereocenters. The van der Waals surface area contributed by atoms with Crippen molar-refractivity contribution in [3.63, 3.8) is 0 Å². The van der Waals surface area contributed by atoms with Gasteiger partial charge in [0.15, 0.2) is 6.10 Å². The van der Waals surface area contributed by atoms with E-state index < -0.39 is 12.1 Å². The van der Waals surface area contributed by atoms with Crippen LogP contribution in [0.15, 0.2) is 96.1 Å². The Morgan fingerprint density at radius 2 is 1.55 bits per heavy atom. The van der Waals surface area contributed by atoms with Crippen LogP contribution in [0.1, 0.15) is 42.6 Å². The van der Waals surface area contributed by atoms with E-state index >= 15 is 0 Å². The smallest absolute Gasteiger partial charge is 0.343 e. The molecule has 0 radical (unpaired) electrons.